The van der Waals surface area contributed by atoms with Crippen LogP contribution < -0.4 is 9.58 Å². The normalized spacial score (nSPS) is 10.3. The highest BCUT2D eigenvalue weighted by molar-refractivity contribution is 5.77. The lowest BCUT2D eigenvalue weighted by Gasteiger charge is -2.08. The van der Waals surface area contributed by atoms with Crippen molar-refractivity contribution in [3.8, 4) is 28.5 Å². The van der Waals surface area contributed by atoms with Gasteiger partial charge < -0.3 is 9.94 Å². The molecule has 0 aliphatic heterocycles. The van der Waals surface area contributed by atoms with Crippen LogP contribution in [-0.4, -0.2) is 17.2 Å². The monoisotopic (exact) mass is 279 g/mol. The topological polar surface area (TPSA) is 62.0 Å². The Morgan fingerprint density at radius 3 is 1.90 bits per heavy atom. The van der Waals surface area contributed by atoms with E-state index in [1.807, 2.05) is 60.7 Å². The zero-order valence-corrected chi connectivity index (χ0v) is 11.4. The summed E-state index contributed by atoms with van der Waals surface area (Å²) in [5, 5.41) is 15.9. The highest BCUT2D eigenvalue weighted by Crippen LogP contribution is 2.28. The molecule has 0 aliphatic carbocycles. The van der Waals surface area contributed by atoms with E-state index in [0.717, 1.165) is 11.1 Å². The van der Waals surface area contributed by atoms with E-state index in [9.17, 15) is 5.21 Å². The molecule has 5 nitrogen and oxygen atoms in total. The Morgan fingerprint density at radius 1 is 0.857 bits per heavy atom. The molecule has 5 heteroatoms. The minimum atomic E-state index is -0.0754. The van der Waals surface area contributed by atoms with Gasteiger partial charge in [-0.2, -0.15) is 0 Å². The zero-order valence-electron chi connectivity index (χ0n) is 11.4. The summed E-state index contributed by atoms with van der Waals surface area (Å²) in [6.07, 6.45) is 0. The molecule has 1 heterocycles. The maximum absolute atomic E-state index is 11.8. The van der Waals surface area contributed by atoms with Crippen molar-refractivity contribution in [2.45, 2.75) is 0 Å². The van der Waals surface area contributed by atoms with E-state index in [0.29, 0.717) is 16.2 Å². The Morgan fingerprint density at radius 2 is 1.38 bits per heavy atom. The fourth-order valence-corrected chi connectivity index (χ4v) is 2.08. The van der Waals surface area contributed by atoms with Gasteiger partial charge in [-0.25, -0.2) is 0 Å². The number of methoxy groups -OCH3 is 1. The molecule has 0 atom stereocenters. The van der Waals surface area contributed by atoms with Gasteiger partial charge >= 0.3 is 6.01 Å². The first-order valence-electron chi connectivity index (χ1n) is 6.46. The second kappa shape index (κ2) is 5.58. The Balaban J connectivity index is 2.26. The van der Waals surface area contributed by atoms with Crippen molar-refractivity contribution in [3.05, 3.63) is 65.9 Å². The summed E-state index contributed by atoms with van der Waals surface area (Å²) in [6.45, 7) is 0. The summed E-state index contributed by atoms with van der Waals surface area (Å²) >= 11 is 0. The molecule has 0 unspecified atom stereocenters. The summed E-state index contributed by atoms with van der Waals surface area (Å²) in [7, 11) is 1.40. The number of nitrogens with zero attached hydrogens (tertiary/aromatic N) is 3. The van der Waals surface area contributed by atoms with Gasteiger partial charge in [-0.3, -0.25) is 0 Å². The van der Waals surface area contributed by atoms with E-state index in [1.165, 1.54) is 7.11 Å². The number of ether oxygens (including phenoxy) is 1. The lowest BCUT2D eigenvalue weighted by molar-refractivity contribution is -0.676. The fourth-order valence-electron chi connectivity index (χ4n) is 2.08. The van der Waals surface area contributed by atoms with Gasteiger partial charge in [-0.05, 0) is 0 Å². The van der Waals surface area contributed by atoms with Gasteiger partial charge in [-0.1, -0.05) is 70.6 Å². The minimum absolute atomic E-state index is 0.0754. The van der Waals surface area contributed by atoms with Crippen molar-refractivity contribution < 1.29 is 9.58 Å². The van der Waals surface area contributed by atoms with Crippen molar-refractivity contribution in [2.75, 3.05) is 7.11 Å². The molecule has 0 bridgehead atoms. The van der Waals surface area contributed by atoms with E-state index in [4.69, 9.17) is 4.74 Å². The third-order valence-corrected chi connectivity index (χ3v) is 3.06. The molecule has 0 saturated carbocycles. The van der Waals surface area contributed by atoms with Crippen LogP contribution in [0.25, 0.3) is 22.5 Å². The SMILES string of the molecule is COc1nc(-c2ccccc2)c(-c2ccccc2)n[n+]1[O-]. The molecular weight excluding hydrogens is 266 g/mol. The molecule has 0 spiro atoms. The van der Waals surface area contributed by atoms with Gasteiger partial charge in [0, 0.05) is 16.1 Å². The molecule has 3 aromatic rings. The lowest BCUT2D eigenvalue weighted by atomic mass is 10.0. The maximum atomic E-state index is 11.8. The first-order chi connectivity index (χ1) is 10.3. The lowest BCUT2D eigenvalue weighted by Crippen LogP contribution is -2.35. The Kier molecular flexibility index (Phi) is 3.47. The molecule has 0 N–H and O–H groups in total. The molecule has 1 aromatic heterocycles. The Labute approximate surface area is 122 Å². The third-order valence-electron chi connectivity index (χ3n) is 3.06. The average Bonchev–Trinajstić information content (AvgIpc) is 2.56. The average molecular weight is 279 g/mol. The molecule has 2 aromatic carbocycles. The van der Waals surface area contributed by atoms with E-state index >= 15 is 0 Å². The fraction of sp³-hybridized carbons (Fsp3) is 0.0625. The smallest absolute Gasteiger partial charge is 0.523 e. The second-order valence-electron chi connectivity index (χ2n) is 4.40. The van der Waals surface area contributed by atoms with Crippen molar-refractivity contribution in [3.63, 3.8) is 0 Å². The molecule has 104 valence electrons. The van der Waals surface area contributed by atoms with Crippen LogP contribution >= 0.6 is 0 Å². The standard InChI is InChI=1S/C16H13N3O2/c1-21-16-17-14(12-8-4-2-5-9-12)15(18-19(16)20)13-10-6-3-7-11-13/h2-11H,1H3. The number of aromatic nitrogens is 3. The van der Waals surface area contributed by atoms with Crippen molar-refractivity contribution >= 4 is 0 Å². The highest BCUT2D eigenvalue weighted by atomic mass is 16.6. The molecule has 0 saturated heterocycles. The summed E-state index contributed by atoms with van der Waals surface area (Å²) in [5.41, 5.74) is 2.85. The third kappa shape index (κ3) is 2.53. The van der Waals surface area contributed by atoms with E-state index in [2.05, 4.69) is 10.1 Å². The molecule has 0 radical (unpaired) electrons. The molecule has 0 amide bonds. The summed E-state index contributed by atoms with van der Waals surface area (Å²) in [5.74, 6) is 0. The highest BCUT2D eigenvalue weighted by Gasteiger charge is 2.22. The molecule has 21 heavy (non-hydrogen) atoms. The van der Waals surface area contributed by atoms with Gasteiger partial charge in [0.25, 0.3) is 0 Å². The predicted octanol–water partition coefficient (Wildman–Crippen LogP) is 2.45. The number of benzene rings is 2. The van der Waals surface area contributed by atoms with Gasteiger partial charge in [0.2, 0.25) is 5.69 Å². The molecule has 0 fully saturated rings. The van der Waals surface area contributed by atoms with Gasteiger partial charge in [0.15, 0.2) is 5.69 Å². The first kappa shape index (κ1) is 13.1. The zero-order chi connectivity index (χ0) is 14.7. The van der Waals surface area contributed by atoms with Crippen LogP contribution in [0.4, 0.5) is 0 Å². The van der Waals surface area contributed by atoms with Crippen LogP contribution in [0, 0.1) is 5.21 Å². The van der Waals surface area contributed by atoms with E-state index in [-0.39, 0.29) is 6.01 Å². The first-order valence-corrected chi connectivity index (χ1v) is 6.46. The predicted molar refractivity (Wildman–Crippen MR) is 78.4 cm³/mol. The number of hydrogen-bond donors (Lipinski definition) is 0. The van der Waals surface area contributed by atoms with Crippen LogP contribution in [0.2, 0.25) is 0 Å². The van der Waals surface area contributed by atoms with Gasteiger partial charge in [0.05, 0.1) is 7.11 Å². The van der Waals surface area contributed by atoms with Crippen molar-refractivity contribution in [2.24, 2.45) is 0 Å². The summed E-state index contributed by atoms with van der Waals surface area (Å²) in [6, 6.07) is 19.0. The summed E-state index contributed by atoms with van der Waals surface area (Å²) < 4.78 is 4.97. The number of hydrogen-bond acceptors (Lipinski definition) is 4. The largest absolute Gasteiger partial charge is 0.688 e. The van der Waals surface area contributed by atoms with Crippen LogP contribution in [-0.2, 0) is 0 Å². The number of rotatable bonds is 3. The van der Waals surface area contributed by atoms with Crippen molar-refractivity contribution in [1.82, 2.24) is 10.1 Å². The van der Waals surface area contributed by atoms with Gasteiger partial charge in [-0.15, -0.1) is 0 Å². The van der Waals surface area contributed by atoms with Crippen LogP contribution in [0.15, 0.2) is 60.7 Å². The Bertz CT molecular complexity index is 746. The van der Waals surface area contributed by atoms with Gasteiger partial charge in [0.1, 0.15) is 0 Å². The van der Waals surface area contributed by atoms with E-state index < -0.39 is 0 Å². The van der Waals surface area contributed by atoms with E-state index in [1.54, 1.807) is 0 Å². The molecule has 0 aliphatic rings. The minimum Gasteiger partial charge on any atom is -0.688 e. The van der Waals surface area contributed by atoms with Crippen molar-refractivity contribution in [1.29, 1.82) is 0 Å². The molecular formula is C16H13N3O2. The van der Waals surface area contributed by atoms with Crippen LogP contribution in [0.3, 0.4) is 0 Å². The maximum Gasteiger partial charge on any atom is 0.523 e. The summed E-state index contributed by atoms with van der Waals surface area (Å²) in [4.78, 5) is 4.70. The Hall–Kier alpha value is -2.95. The van der Waals surface area contributed by atoms with Crippen LogP contribution in [0.1, 0.15) is 0 Å². The second-order valence-corrected chi connectivity index (χ2v) is 4.40. The quantitative estimate of drug-likeness (QED) is 0.546. The van der Waals surface area contributed by atoms with Crippen LogP contribution in [0.5, 0.6) is 6.01 Å². The molecule has 3 rings (SSSR count).